The Morgan fingerprint density at radius 3 is 2.31 bits per heavy atom. The molecule has 8 nitrogen and oxygen atoms in total. The SMILES string of the molecule is Cc1ccc(-n2nc(C(C)(C)C)cc2NC(=O)Nc2ccccc2CC2CCN(C(=O)Cc3ccncc3)CC2)cc1. The molecule has 4 aromatic rings. The number of para-hydroxylation sites is 1. The first-order chi connectivity index (χ1) is 20.2. The molecule has 5 rings (SSSR count). The number of likely N-dealkylation sites (tertiary alicyclic amines) is 1. The molecule has 0 saturated carbocycles. The van der Waals surface area contributed by atoms with Crippen LogP contribution in [-0.4, -0.2) is 44.7 Å². The molecule has 1 aliphatic heterocycles. The number of nitrogens with one attached hydrogen (secondary N) is 2. The number of nitrogens with zero attached hydrogens (tertiary/aromatic N) is 4. The highest BCUT2D eigenvalue weighted by Gasteiger charge is 2.25. The summed E-state index contributed by atoms with van der Waals surface area (Å²) in [6.07, 6.45) is 6.58. The first-order valence-corrected chi connectivity index (χ1v) is 14.7. The molecule has 2 aromatic heterocycles. The van der Waals surface area contributed by atoms with Crippen molar-refractivity contribution < 1.29 is 9.59 Å². The molecular formula is C34H40N6O2. The van der Waals surface area contributed by atoms with Gasteiger partial charge in [-0.1, -0.05) is 56.7 Å². The zero-order valence-electron chi connectivity index (χ0n) is 24.9. The van der Waals surface area contributed by atoms with Crippen molar-refractivity contribution >= 4 is 23.4 Å². The van der Waals surface area contributed by atoms with E-state index in [9.17, 15) is 9.59 Å². The lowest BCUT2D eigenvalue weighted by Gasteiger charge is -2.32. The largest absolute Gasteiger partial charge is 0.342 e. The van der Waals surface area contributed by atoms with Crippen molar-refractivity contribution in [3.8, 4) is 5.69 Å². The number of aromatic nitrogens is 3. The van der Waals surface area contributed by atoms with Crippen LogP contribution in [0.25, 0.3) is 5.69 Å². The van der Waals surface area contributed by atoms with Crippen molar-refractivity contribution in [2.75, 3.05) is 23.7 Å². The van der Waals surface area contributed by atoms with Crippen LogP contribution in [0.4, 0.5) is 16.3 Å². The van der Waals surface area contributed by atoms with Crippen LogP contribution in [0.2, 0.25) is 0 Å². The molecule has 1 saturated heterocycles. The topological polar surface area (TPSA) is 92.2 Å². The molecule has 0 radical (unpaired) electrons. The van der Waals surface area contributed by atoms with Gasteiger partial charge in [0.15, 0.2) is 0 Å². The van der Waals surface area contributed by atoms with Crippen molar-refractivity contribution in [2.45, 2.75) is 58.8 Å². The lowest BCUT2D eigenvalue weighted by molar-refractivity contribution is -0.131. The van der Waals surface area contributed by atoms with Gasteiger partial charge >= 0.3 is 6.03 Å². The number of piperidine rings is 1. The Bertz CT molecular complexity index is 1510. The van der Waals surface area contributed by atoms with E-state index >= 15 is 0 Å². The lowest BCUT2D eigenvalue weighted by Crippen LogP contribution is -2.39. The smallest absolute Gasteiger partial charge is 0.324 e. The summed E-state index contributed by atoms with van der Waals surface area (Å²) in [5.41, 5.74) is 5.65. The minimum Gasteiger partial charge on any atom is -0.342 e. The van der Waals surface area contributed by atoms with E-state index in [1.165, 1.54) is 0 Å². The molecule has 0 aliphatic carbocycles. The third-order valence-corrected chi connectivity index (χ3v) is 7.84. The number of carbonyl (C=O) groups excluding carboxylic acids is 2. The van der Waals surface area contributed by atoms with Crippen molar-refractivity contribution in [1.29, 1.82) is 0 Å². The van der Waals surface area contributed by atoms with Gasteiger partial charge in [0.1, 0.15) is 5.82 Å². The lowest BCUT2D eigenvalue weighted by atomic mass is 9.89. The predicted molar refractivity (Wildman–Crippen MR) is 167 cm³/mol. The minimum absolute atomic E-state index is 0.165. The van der Waals surface area contributed by atoms with Gasteiger partial charge in [-0.05, 0) is 73.6 Å². The Hall–Kier alpha value is -4.46. The minimum atomic E-state index is -0.312. The summed E-state index contributed by atoms with van der Waals surface area (Å²) in [6, 6.07) is 21.5. The van der Waals surface area contributed by atoms with Gasteiger partial charge in [0.25, 0.3) is 0 Å². The monoisotopic (exact) mass is 564 g/mol. The van der Waals surface area contributed by atoms with Crippen LogP contribution < -0.4 is 10.6 Å². The Balaban J connectivity index is 1.22. The number of rotatable bonds is 7. The summed E-state index contributed by atoms with van der Waals surface area (Å²) in [7, 11) is 0. The maximum atomic E-state index is 13.3. The molecule has 8 heteroatoms. The number of pyridine rings is 1. The van der Waals surface area contributed by atoms with Gasteiger partial charge in [-0.2, -0.15) is 5.10 Å². The van der Waals surface area contributed by atoms with E-state index in [1.54, 1.807) is 17.1 Å². The van der Waals surface area contributed by atoms with Gasteiger partial charge in [-0.15, -0.1) is 0 Å². The molecule has 2 N–H and O–H groups in total. The number of hydrogen-bond donors (Lipinski definition) is 2. The molecule has 2 aromatic carbocycles. The van der Waals surface area contributed by atoms with Gasteiger partial charge in [-0.3, -0.25) is 15.1 Å². The molecule has 0 bridgehead atoms. The number of urea groups is 1. The van der Waals surface area contributed by atoms with Gasteiger partial charge < -0.3 is 10.2 Å². The first kappa shape index (κ1) is 29.0. The quantitative estimate of drug-likeness (QED) is 0.267. The standard InChI is InChI=1S/C34H40N6O2/c1-24-9-11-28(12-10-24)40-31(23-30(38-40)34(2,3)4)37-33(42)36-29-8-6-5-7-27(29)21-26-15-19-39(20-16-26)32(41)22-25-13-17-35-18-14-25/h5-14,17-18,23,26H,15-16,19-22H2,1-4H3,(H2,36,37,42). The van der Waals surface area contributed by atoms with E-state index in [2.05, 4.69) is 42.5 Å². The Morgan fingerprint density at radius 2 is 1.62 bits per heavy atom. The van der Waals surface area contributed by atoms with Crippen LogP contribution in [0, 0.1) is 12.8 Å². The third kappa shape index (κ3) is 7.24. The van der Waals surface area contributed by atoms with Gasteiger partial charge in [0.2, 0.25) is 5.91 Å². The predicted octanol–water partition coefficient (Wildman–Crippen LogP) is 6.54. The molecule has 0 spiro atoms. The highest BCUT2D eigenvalue weighted by atomic mass is 16.2. The van der Waals surface area contributed by atoms with Crippen LogP contribution in [0.1, 0.15) is 56.0 Å². The Labute approximate surface area is 248 Å². The summed E-state index contributed by atoms with van der Waals surface area (Å²) in [6.45, 7) is 9.88. The summed E-state index contributed by atoms with van der Waals surface area (Å²) >= 11 is 0. The van der Waals surface area contributed by atoms with Crippen LogP contribution in [0.15, 0.2) is 79.1 Å². The van der Waals surface area contributed by atoms with E-state index in [0.717, 1.165) is 66.1 Å². The van der Waals surface area contributed by atoms with Crippen molar-refractivity contribution in [1.82, 2.24) is 19.7 Å². The van der Waals surface area contributed by atoms with Crippen LogP contribution in [0.3, 0.4) is 0 Å². The summed E-state index contributed by atoms with van der Waals surface area (Å²) in [5.74, 6) is 1.22. The second kappa shape index (κ2) is 12.6. The number of anilines is 2. The number of carbonyl (C=O) groups is 2. The fraction of sp³-hybridized carbons (Fsp3) is 0.353. The Morgan fingerprint density at radius 1 is 0.929 bits per heavy atom. The number of amides is 3. The van der Waals surface area contributed by atoms with Crippen LogP contribution in [0.5, 0.6) is 0 Å². The van der Waals surface area contributed by atoms with E-state index in [0.29, 0.717) is 18.2 Å². The van der Waals surface area contributed by atoms with Crippen molar-refractivity contribution in [2.24, 2.45) is 5.92 Å². The summed E-state index contributed by atoms with van der Waals surface area (Å²) < 4.78 is 1.79. The van der Waals surface area contributed by atoms with Gasteiger partial charge in [0, 0.05) is 42.7 Å². The van der Waals surface area contributed by atoms with E-state index in [-0.39, 0.29) is 17.4 Å². The maximum Gasteiger partial charge on any atom is 0.324 e. The highest BCUT2D eigenvalue weighted by Crippen LogP contribution is 2.28. The third-order valence-electron chi connectivity index (χ3n) is 7.84. The molecule has 0 unspecified atom stereocenters. The summed E-state index contributed by atoms with van der Waals surface area (Å²) in [5, 5.41) is 10.9. The van der Waals surface area contributed by atoms with Crippen molar-refractivity contribution in [3.63, 3.8) is 0 Å². The maximum absolute atomic E-state index is 13.3. The van der Waals surface area contributed by atoms with E-state index < -0.39 is 0 Å². The Kier molecular flexibility index (Phi) is 8.71. The number of hydrogen-bond acceptors (Lipinski definition) is 4. The zero-order valence-corrected chi connectivity index (χ0v) is 24.9. The normalized spacial score (nSPS) is 14.0. The molecule has 0 atom stereocenters. The molecule has 1 aliphatic rings. The average molecular weight is 565 g/mol. The molecular weight excluding hydrogens is 524 g/mol. The molecule has 1 fully saturated rings. The van der Waals surface area contributed by atoms with E-state index in [1.807, 2.05) is 72.5 Å². The highest BCUT2D eigenvalue weighted by molar-refractivity contribution is 6.00. The number of benzene rings is 2. The van der Waals surface area contributed by atoms with Gasteiger partial charge in [0.05, 0.1) is 17.8 Å². The molecule has 3 amide bonds. The molecule has 218 valence electrons. The van der Waals surface area contributed by atoms with E-state index in [4.69, 9.17) is 5.10 Å². The second-order valence-corrected chi connectivity index (χ2v) is 12.2. The fourth-order valence-electron chi connectivity index (χ4n) is 5.29. The second-order valence-electron chi connectivity index (χ2n) is 12.2. The molecule has 42 heavy (non-hydrogen) atoms. The molecule has 3 heterocycles. The average Bonchev–Trinajstić information content (AvgIpc) is 3.40. The van der Waals surface area contributed by atoms with Crippen LogP contribution >= 0.6 is 0 Å². The first-order valence-electron chi connectivity index (χ1n) is 14.7. The van der Waals surface area contributed by atoms with Gasteiger partial charge in [-0.25, -0.2) is 9.48 Å². The summed E-state index contributed by atoms with van der Waals surface area (Å²) in [4.78, 5) is 32.1. The van der Waals surface area contributed by atoms with Crippen LogP contribution in [-0.2, 0) is 23.1 Å². The number of aryl methyl sites for hydroxylation is 1. The zero-order chi connectivity index (χ0) is 29.7. The van der Waals surface area contributed by atoms with Crippen molar-refractivity contribution in [3.05, 3.63) is 102 Å². The fourth-order valence-corrected chi connectivity index (χ4v) is 5.29.